The van der Waals surface area contributed by atoms with Gasteiger partial charge in [-0.25, -0.2) is 0 Å². The van der Waals surface area contributed by atoms with E-state index in [0.717, 1.165) is 17.2 Å². The fraction of sp³-hybridized carbons (Fsp3) is 0.471. The van der Waals surface area contributed by atoms with E-state index in [4.69, 9.17) is 9.47 Å². The highest BCUT2D eigenvalue weighted by Crippen LogP contribution is 2.39. The third-order valence-electron chi connectivity index (χ3n) is 7.44. The number of unbranched alkanes of at least 4 members (excludes halogenated alkanes) is 2. The minimum Gasteiger partial charge on any atom is -0.461 e. The Bertz CT molecular complexity index is 1120. The number of rotatable bonds is 17. The number of aliphatic hydroxyl groups excluding tert-OH is 1. The number of aliphatic hydroxyl groups is 1. The van der Waals surface area contributed by atoms with E-state index in [1.807, 2.05) is 72.8 Å². The Morgan fingerprint density at radius 1 is 0.976 bits per heavy atom. The molecule has 222 valence electrons. The second-order valence-corrected chi connectivity index (χ2v) is 10.7. The van der Waals surface area contributed by atoms with Gasteiger partial charge >= 0.3 is 11.9 Å². The zero-order chi connectivity index (χ0) is 29.5. The molecule has 0 radical (unpaired) electrons. The van der Waals surface area contributed by atoms with Gasteiger partial charge in [-0.1, -0.05) is 92.2 Å². The molecule has 4 atom stereocenters. The molecule has 0 bridgehead atoms. The summed E-state index contributed by atoms with van der Waals surface area (Å²) in [7, 11) is 0. The van der Waals surface area contributed by atoms with Gasteiger partial charge in [0.25, 0.3) is 0 Å². The molecule has 2 aromatic carbocycles. The van der Waals surface area contributed by atoms with E-state index in [0.29, 0.717) is 45.1 Å². The van der Waals surface area contributed by atoms with Crippen LogP contribution in [0.4, 0.5) is 8.78 Å². The van der Waals surface area contributed by atoms with Crippen molar-refractivity contribution >= 4 is 11.8 Å². The highest BCUT2D eigenvalue weighted by molar-refractivity contribution is 5.95. The minimum atomic E-state index is -3.40. The van der Waals surface area contributed by atoms with Gasteiger partial charge in [0.05, 0.1) is 18.8 Å². The Morgan fingerprint density at radius 3 is 2.29 bits per heavy atom. The molecular weight excluding hydrogens is 526 g/mol. The van der Waals surface area contributed by atoms with Crippen LogP contribution in [-0.4, -0.2) is 35.0 Å². The second kappa shape index (κ2) is 16.9. The first kappa shape index (κ1) is 32.4. The summed E-state index contributed by atoms with van der Waals surface area (Å²) in [5, 5.41) is 10.9. The Hall–Kier alpha value is -3.16. The lowest BCUT2D eigenvalue weighted by Gasteiger charge is -2.22. The molecule has 41 heavy (non-hydrogen) atoms. The van der Waals surface area contributed by atoms with Gasteiger partial charge < -0.3 is 14.6 Å². The average Bonchev–Trinajstić information content (AvgIpc) is 3.28. The van der Waals surface area contributed by atoms with E-state index in [1.165, 1.54) is 6.08 Å². The second-order valence-electron chi connectivity index (χ2n) is 10.7. The van der Waals surface area contributed by atoms with Gasteiger partial charge in [0.15, 0.2) is 0 Å². The van der Waals surface area contributed by atoms with Crippen molar-refractivity contribution in [2.24, 2.45) is 11.8 Å². The van der Waals surface area contributed by atoms with Gasteiger partial charge in [-0.15, -0.1) is 0 Å². The largest absolute Gasteiger partial charge is 0.461 e. The van der Waals surface area contributed by atoms with Gasteiger partial charge in [-0.2, -0.15) is 8.78 Å². The summed E-state index contributed by atoms with van der Waals surface area (Å²) in [5.41, 5.74) is 1.91. The van der Waals surface area contributed by atoms with Gasteiger partial charge in [0.1, 0.15) is 6.61 Å². The number of alkyl halides is 2. The number of benzene rings is 2. The molecule has 0 aromatic heterocycles. The summed E-state index contributed by atoms with van der Waals surface area (Å²) in [6.45, 7) is 2.39. The van der Waals surface area contributed by atoms with Crippen molar-refractivity contribution < 1.29 is 33.0 Å². The third-order valence-corrected chi connectivity index (χ3v) is 7.44. The van der Waals surface area contributed by atoms with E-state index >= 15 is 0 Å². The number of allylic oxidation sites excluding steroid dienone is 3. The van der Waals surface area contributed by atoms with Crippen LogP contribution in [-0.2, 0) is 32.3 Å². The number of hydrogen-bond acceptors (Lipinski definition) is 5. The predicted molar refractivity (Wildman–Crippen MR) is 155 cm³/mol. The molecule has 1 saturated carbocycles. The van der Waals surface area contributed by atoms with Gasteiger partial charge in [0, 0.05) is 25.2 Å². The molecule has 2 aromatic rings. The molecule has 0 aliphatic heterocycles. The Morgan fingerprint density at radius 2 is 1.63 bits per heavy atom. The molecule has 3 rings (SSSR count). The van der Waals surface area contributed by atoms with E-state index in [-0.39, 0.29) is 24.9 Å². The normalized spacial score (nSPS) is 21.1. The fourth-order valence-corrected chi connectivity index (χ4v) is 5.03. The van der Waals surface area contributed by atoms with Crippen LogP contribution in [0, 0.1) is 11.8 Å². The van der Waals surface area contributed by atoms with Crippen molar-refractivity contribution in [1.29, 1.82) is 0 Å². The summed E-state index contributed by atoms with van der Waals surface area (Å²) in [4.78, 5) is 24.3. The summed E-state index contributed by atoms with van der Waals surface area (Å²) >= 11 is 0. The van der Waals surface area contributed by atoms with Gasteiger partial charge in [-0.3, -0.25) is 9.59 Å². The van der Waals surface area contributed by atoms with Crippen LogP contribution < -0.4 is 0 Å². The van der Waals surface area contributed by atoms with E-state index in [2.05, 4.69) is 0 Å². The maximum atomic E-state index is 14.3. The monoisotopic (exact) mass is 568 g/mol. The SMILES string of the molecule is CCCCC(F)(F)C(=O)/C=C/[C@@H]1[C@@H](C/C=C\CCCC(=O)OCc2ccccc2)[C@@H](O)C[C@H]1OCc1ccccc1. The summed E-state index contributed by atoms with van der Waals surface area (Å²) < 4.78 is 40.0. The number of carbonyl (C=O) groups excluding carboxylic acids is 2. The molecule has 1 fully saturated rings. The molecule has 0 heterocycles. The zero-order valence-electron chi connectivity index (χ0n) is 23.8. The quantitative estimate of drug-likeness (QED) is 0.0933. The first-order valence-electron chi connectivity index (χ1n) is 14.6. The van der Waals surface area contributed by atoms with Crippen LogP contribution >= 0.6 is 0 Å². The topological polar surface area (TPSA) is 72.8 Å². The number of esters is 1. The molecule has 7 heteroatoms. The van der Waals surface area contributed by atoms with Crippen molar-refractivity contribution in [3.05, 3.63) is 96.1 Å². The standard InChI is InChI=1S/C34H42F2O5/c1-2-3-22-34(35,36)32(38)21-20-29-28(30(37)23-31(29)40-24-26-14-8-6-9-15-26)18-12-4-5-13-19-33(39)41-25-27-16-10-7-11-17-27/h4,6-12,14-17,20-21,28-31,37H,2-3,5,13,18-19,22-25H2,1H3/b12-4-,21-20+/t28-,29-,30+,31-/m1/s1. The molecule has 5 nitrogen and oxygen atoms in total. The maximum Gasteiger partial charge on any atom is 0.309 e. The summed E-state index contributed by atoms with van der Waals surface area (Å²) in [6.07, 6.45) is 8.13. The maximum absolute atomic E-state index is 14.3. The highest BCUT2D eigenvalue weighted by atomic mass is 19.3. The van der Waals surface area contributed by atoms with Gasteiger partial charge in [-0.05, 0) is 48.8 Å². The van der Waals surface area contributed by atoms with Gasteiger partial charge in [0.2, 0.25) is 5.78 Å². The molecule has 1 aliphatic rings. The fourth-order valence-electron chi connectivity index (χ4n) is 5.03. The predicted octanol–water partition coefficient (Wildman–Crippen LogP) is 7.38. The number of halogens is 2. The molecule has 0 amide bonds. The molecular formula is C34H42F2O5. The molecule has 1 aliphatic carbocycles. The van der Waals surface area contributed by atoms with E-state index in [9.17, 15) is 23.5 Å². The smallest absolute Gasteiger partial charge is 0.309 e. The van der Waals surface area contributed by atoms with E-state index in [1.54, 1.807) is 6.92 Å². The van der Waals surface area contributed by atoms with Crippen molar-refractivity contribution in [3.63, 3.8) is 0 Å². The first-order chi connectivity index (χ1) is 19.8. The van der Waals surface area contributed by atoms with Crippen LogP contribution in [0.2, 0.25) is 0 Å². The summed E-state index contributed by atoms with van der Waals surface area (Å²) in [6, 6.07) is 19.1. The van der Waals surface area contributed by atoms with Crippen LogP contribution in [0.3, 0.4) is 0 Å². The number of hydrogen-bond donors (Lipinski definition) is 1. The number of ether oxygens (including phenoxy) is 2. The molecule has 0 unspecified atom stereocenters. The third kappa shape index (κ3) is 11.0. The van der Waals surface area contributed by atoms with Crippen LogP contribution in [0.5, 0.6) is 0 Å². The molecule has 1 N–H and O–H groups in total. The van der Waals surface area contributed by atoms with E-state index < -0.39 is 36.3 Å². The Labute approximate surface area is 242 Å². The first-order valence-corrected chi connectivity index (χ1v) is 14.6. The van der Waals surface area contributed by atoms with Crippen LogP contribution in [0.25, 0.3) is 0 Å². The molecule has 0 spiro atoms. The lowest BCUT2D eigenvalue weighted by atomic mass is 9.89. The average molecular weight is 569 g/mol. The van der Waals surface area contributed by atoms with Crippen molar-refractivity contribution in [3.8, 4) is 0 Å². The van der Waals surface area contributed by atoms with Crippen LogP contribution in [0.1, 0.15) is 69.4 Å². The minimum absolute atomic E-state index is 0.252. The van der Waals surface area contributed by atoms with Crippen molar-refractivity contribution in [1.82, 2.24) is 0 Å². The van der Waals surface area contributed by atoms with Crippen molar-refractivity contribution in [2.45, 2.75) is 89.6 Å². The van der Waals surface area contributed by atoms with Crippen molar-refractivity contribution in [2.75, 3.05) is 0 Å². The lowest BCUT2D eigenvalue weighted by molar-refractivity contribution is -0.145. The van der Waals surface area contributed by atoms with Crippen LogP contribution in [0.15, 0.2) is 85.0 Å². The zero-order valence-corrected chi connectivity index (χ0v) is 23.8. The summed E-state index contributed by atoms with van der Waals surface area (Å²) in [5.74, 6) is -5.53. The lowest BCUT2D eigenvalue weighted by Crippen LogP contribution is -2.28. The number of carbonyl (C=O) groups is 2. The number of ketones is 1. The molecule has 0 saturated heterocycles. The highest BCUT2D eigenvalue weighted by Gasteiger charge is 2.42. The Balaban J connectivity index is 1.54. The Kier molecular flexibility index (Phi) is 13.4.